The van der Waals surface area contributed by atoms with E-state index >= 15 is 0 Å². The van der Waals surface area contributed by atoms with Gasteiger partial charge in [-0.25, -0.2) is 0 Å². The van der Waals surface area contributed by atoms with Gasteiger partial charge in [0.25, 0.3) is 0 Å². The van der Waals surface area contributed by atoms with Crippen molar-refractivity contribution in [1.29, 1.82) is 0 Å². The molecule has 1 aromatic rings. The van der Waals surface area contributed by atoms with Crippen molar-refractivity contribution in [3.8, 4) is 0 Å². The van der Waals surface area contributed by atoms with Crippen molar-refractivity contribution in [2.45, 2.75) is 54.5 Å². The summed E-state index contributed by atoms with van der Waals surface area (Å²) < 4.78 is 5.61. The molecule has 0 amide bonds. The lowest BCUT2D eigenvalue weighted by atomic mass is 10.0. The molecule has 2 aliphatic rings. The molecule has 0 aliphatic carbocycles. The minimum atomic E-state index is -0.202. The number of aliphatic hydroxyl groups is 1. The predicted octanol–water partition coefficient (Wildman–Crippen LogP) is 3.02. The van der Waals surface area contributed by atoms with Crippen LogP contribution in [0.3, 0.4) is 0 Å². The van der Waals surface area contributed by atoms with Crippen LogP contribution in [0.2, 0.25) is 0 Å². The fourth-order valence-electron chi connectivity index (χ4n) is 2.84. The molecule has 1 aromatic carbocycles. The Morgan fingerprint density at radius 1 is 1.39 bits per heavy atom. The van der Waals surface area contributed by atoms with Gasteiger partial charge >= 0.3 is 0 Å². The minimum absolute atomic E-state index is 0.202. The van der Waals surface area contributed by atoms with Gasteiger partial charge in [-0.05, 0) is 43.7 Å². The van der Waals surface area contributed by atoms with Crippen molar-refractivity contribution in [2.24, 2.45) is 0 Å². The Bertz CT molecular complexity index is 376. The van der Waals surface area contributed by atoms with Crippen LogP contribution in [0.25, 0.3) is 0 Å². The second-order valence-corrected chi connectivity index (χ2v) is 6.53. The quantitative estimate of drug-likeness (QED) is 0.906. The molecule has 2 heterocycles. The Balaban J connectivity index is 1.50. The van der Waals surface area contributed by atoms with Crippen molar-refractivity contribution in [1.82, 2.24) is 0 Å². The average Bonchev–Trinajstić information content (AvgIpc) is 3.04. The molecule has 2 aliphatic heterocycles. The molecule has 3 atom stereocenters. The van der Waals surface area contributed by atoms with Crippen LogP contribution in [-0.2, 0) is 11.2 Å². The third kappa shape index (κ3) is 2.73. The summed E-state index contributed by atoms with van der Waals surface area (Å²) in [6.45, 7) is 0.907. The molecule has 1 N–H and O–H groups in total. The average molecular weight is 264 g/mol. The SMILES string of the molecule is OC(CCC1CCCO1)C1Cc2ccccc2S1. The molecule has 3 rings (SSSR count). The summed E-state index contributed by atoms with van der Waals surface area (Å²) in [5.74, 6) is 0. The Hall–Kier alpha value is -0.510. The van der Waals surface area contributed by atoms with E-state index in [9.17, 15) is 5.11 Å². The van der Waals surface area contributed by atoms with Gasteiger partial charge in [-0.2, -0.15) is 0 Å². The molecule has 0 saturated carbocycles. The number of aliphatic hydroxyl groups excluding tert-OH is 1. The van der Waals surface area contributed by atoms with E-state index in [0.717, 1.165) is 25.9 Å². The van der Waals surface area contributed by atoms with Crippen LogP contribution < -0.4 is 0 Å². The molecule has 0 spiro atoms. The summed E-state index contributed by atoms with van der Waals surface area (Å²) in [6.07, 6.45) is 5.44. The summed E-state index contributed by atoms with van der Waals surface area (Å²) in [4.78, 5) is 1.35. The third-order valence-corrected chi connectivity index (χ3v) is 5.35. The molecule has 1 fully saturated rings. The minimum Gasteiger partial charge on any atom is -0.392 e. The normalized spacial score (nSPS) is 28.3. The number of fused-ring (bicyclic) bond motifs is 1. The molecule has 2 nitrogen and oxygen atoms in total. The molecule has 1 saturated heterocycles. The van der Waals surface area contributed by atoms with Crippen LogP contribution in [0.5, 0.6) is 0 Å². The van der Waals surface area contributed by atoms with Gasteiger partial charge in [0.05, 0.1) is 12.2 Å². The highest BCUT2D eigenvalue weighted by atomic mass is 32.2. The molecular formula is C15H20O2S. The summed E-state index contributed by atoms with van der Waals surface area (Å²) in [5, 5.41) is 10.6. The zero-order valence-electron chi connectivity index (χ0n) is 10.5. The first-order valence-electron chi connectivity index (χ1n) is 6.87. The first-order valence-corrected chi connectivity index (χ1v) is 7.75. The highest BCUT2D eigenvalue weighted by Crippen LogP contribution is 2.39. The van der Waals surface area contributed by atoms with Gasteiger partial charge in [0, 0.05) is 16.8 Å². The number of benzene rings is 1. The van der Waals surface area contributed by atoms with Crippen molar-refractivity contribution in [2.75, 3.05) is 6.61 Å². The summed E-state index contributed by atoms with van der Waals surface area (Å²) in [5.41, 5.74) is 1.39. The highest BCUT2D eigenvalue weighted by molar-refractivity contribution is 8.00. The van der Waals surface area contributed by atoms with Crippen molar-refractivity contribution in [3.63, 3.8) is 0 Å². The largest absolute Gasteiger partial charge is 0.392 e. The molecular weight excluding hydrogens is 244 g/mol. The number of ether oxygens (including phenoxy) is 1. The monoisotopic (exact) mass is 264 g/mol. The van der Waals surface area contributed by atoms with E-state index in [1.165, 1.54) is 23.3 Å². The number of rotatable bonds is 4. The molecule has 3 heteroatoms. The smallest absolute Gasteiger partial charge is 0.0666 e. The second kappa shape index (κ2) is 5.64. The molecule has 98 valence electrons. The zero-order chi connectivity index (χ0) is 12.4. The van der Waals surface area contributed by atoms with Crippen LogP contribution in [0, 0.1) is 0 Å². The molecule has 0 bridgehead atoms. The van der Waals surface area contributed by atoms with Gasteiger partial charge < -0.3 is 9.84 Å². The lowest BCUT2D eigenvalue weighted by Gasteiger charge is -2.18. The number of thioether (sulfide) groups is 1. The van der Waals surface area contributed by atoms with Gasteiger partial charge in [-0.15, -0.1) is 11.8 Å². The van der Waals surface area contributed by atoms with Crippen molar-refractivity contribution in [3.05, 3.63) is 29.8 Å². The van der Waals surface area contributed by atoms with Gasteiger partial charge in [-0.3, -0.25) is 0 Å². The van der Waals surface area contributed by atoms with E-state index in [2.05, 4.69) is 24.3 Å². The maximum Gasteiger partial charge on any atom is 0.0666 e. The zero-order valence-corrected chi connectivity index (χ0v) is 11.4. The maximum absolute atomic E-state index is 10.3. The fraction of sp³-hybridized carbons (Fsp3) is 0.600. The van der Waals surface area contributed by atoms with E-state index in [0.29, 0.717) is 11.4 Å². The van der Waals surface area contributed by atoms with E-state index in [4.69, 9.17) is 4.74 Å². The summed E-state index contributed by atoms with van der Waals surface area (Å²) in [7, 11) is 0. The highest BCUT2D eigenvalue weighted by Gasteiger charge is 2.28. The van der Waals surface area contributed by atoms with Crippen LogP contribution in [0.15, 0.2) is 29.2 Å². The van der Waals surface area contributed by atoms with Gasteiger partial charge in [0.1, 0.15) is 0 Å². The third-order valence-electron chi connectivity index (χ3n) is 3.91. The van der Waals surface area contributed by atoms with Gasteiger partial charge in [0.2, 0.25) is 0 Å². The first-order chi connectivity index (χ1) is 8.83. The van der Waals surface area contributed by atoms with E-state index in [-0.39, 0.29) is 6.10 Å². The number of hydrogen-bond acceptors (Lipinski definition) is 3. The van der Waals surface area contributed by atoms with Crippen molar-refractivity contribution < 1.29 is 9.84 Å². The maximum atomic E-state index is 10.3. The van der Waals surface area contributed by atoms with Gasteiger partial charge in [0.15, 0.2) is 0 Å². The lowest BCUT2D eigenvalue weighted by molar-refractivity contribution is 0.0808. The Kier molecular flexibility index (Phi) is 3.92. The molecule has 0 radical (unpaired) electrons. The molecule has 0 aromatic heterocycles. The summed E-state index contributed by atoms with van der Waals surface area (Å²) >= 11 is 1.84. The van der Waals surface area contributed by atoms with Crippen LogP contribution in [0.4, 0.5) is 0 Å². The lowest BCUT2D eigenvalue weighted by Crippen LogP contribution is -2.24. The van der Waals surface area contributed by atoms with E-state index < -0.39 is 0 Å². The van der Waals surface area contributed by atoms with E-state index in [1.807, 2.05) is 11.8 Å². The van der Waals surface area contributed by atoms with Crippen LogP contribution in [-0.4, -0.2) is 29.2 Å². The second-order valence-electron chi connectivity index (χ2n) is 5.25. The topological polar surface area (TPSA) is 29.5 Å². The van der Waals surface area contributed by atoms with Crippen LogP contribution >= 0.6 is 11.8 Å². The fourth-order valence-corrected chi connectivity index (χ4v) is 4.18. The standard InChI is InChI=1S/C15H20O2S/c16-13(8-7-12-5-3-9-17-12)15-10-11-4-1-2-6-14(11)18-15/h1-2,4,6,12-13,15-16H,3,5,7-10H2. The van der Waals surface area contributed by atoms with Gasteiger partial charge in [-0.1, -0.05) is 18.2 Å². The van der Waals surface area contributed by atoms with Crippen LogP contribution in [0.1, 0.15) is 31.2 Å². The Morgan fingerprint density at radius 3 is 3.06 bits per heavy atom. The first kappa shape index (κ1) is 12.5. The van der Waals surface area contributed by atoms with E-state index in [1.54, 1.807) is 0 Å². The summed E-state index contributed by atoms with van der Waals surface area (Å²) in [6, 6.07) is 8.50. The molecule has 18 heavy (non-hydrogen) atoms. The Morgan fingerprint density at radius 2 is 2.28 bits per heavy atom. The molecule has 3 unspecified atom stereocenters. The predicted molar refractivity (Wildman–Crippen MR) is 74.0 cm³/mol. The number of hydrogen-bond donors (Lipinski definition) is 1. The Labute approximate surface area is 113 Å². The van der Waals surface area contributed by atoms with Crippen molar-refractivity contribution >= 4 is 11.8 Å².